The van der Waals surface area contributed by atoms with Gasteiger partial charge in [0.2, 0.25) is 0 Å². The van der Waals surface area contributed by atoms with Crippen LogP contribution in [0.5, 0.6) is 23.0 Å². The third kappa shape index (κ3) is 3.94. The predicted octanol–water partition coefficient (Wildman–Crippen LogP) is 4.41. The summed E-state index contributed by atoms with van der Waals surface area (Å²) in [6.07, 6.45) is 3.98. The topological polar surface area (TPSA) is 54.0 Å². The molecule has 0 radical (unpaired) electrons. The van der Waals surface area contributed by atoms with E-state index in [2.05, 4.69) is 0 Å². The number of hydrogen-bond acceptors (Lipinski definition) is 5. The Hall–Kier alpha value is -2.66. The van der Waals surface area contributed by atoms with Crippen LogP contribution >= 0.6 is 11.6 Å². The van der Waals surface area contributed by atoms with E-state index in [1.165, 1.54) is 20.3 Å². The van der Waals surface area contributed by atoms with Gasteiger partial charge in [-0.15, -0.1) is 0 Å². The maximum Gasteiger partial charge on any atom is 0.185 e. The van der Waals surface area contributed by atoms with Crippen LogP contribution in [0, 0.1) is 0 Å². The van der Waals surface area contributed by atoms with Crippen LogP contribution in [0.15, 0.2) is 36.4 Å². The van der Waals surface area contributed by atoms with Gasteiger partial charge in [0.25, 0.3) is 0 Å². The number of rotatable bonds is 5. The summed E-state index contributed by atoms with van der Waals surface area (Å²) in [5.74, 6) is 2.07. The molecule has 0 unspecified atom stereocenters. The lowest BCUT2D eigenvalue weighted by Crippen LogP contribution is -1.98. The molecule has 2 aromatic carbocycles. The molecule has 0 atom stereocenters. The first-order chi connectivity index (χ1) is 12.6. The molecular weight excluding hydrogens is 356 g/mol. The molecule has 1 heterocycles. The summed E-state index contributed by atoms with van der Waals surface area (Å²) in [7, 11) is 3.05. The van der Waals surface area contributed by atoms with Crippen molar-refractivity contribution in [1.82, 2.24) is 0 Å². The van der Waals surface area contributed by atoms with Gasteiger partial charge in [-0.05, 0) is 42.0 Å². The Balaban J connectivity index is 1.82. The van der Waals surface area contributed by atoms with E-state index in [1.54, 1.807) is 36.4 Å². The highest BCUT2D eigenvalue weighted by Crippen LogP contribution is 2.36. The van der Waals surface area contributed by atoms with Crippen molar-refractivity contribution in [3.05, 3.63) is 52.6 Å². The van der Waals surface area contributed by atoms with Crippen LogP contribution in [0.25, 0.3) is 6.08 Å². The Morgan fingerprint density at radius 1 is 1.08 bits per heavy atom. The molecule has 0 N–H and O–H groups in total. The van der Waals surface area contributed by atoms with Crippen molar-refractivity contribution in [2.45, 2.75) is 6.42 Å². The van der Waals surface area contributed by atoms with Crippen LogP contribution in [-0.4, -0.2) is 33.2 Å². The van der Waals surface area contributed by atoms with Gasteiger partial charge in [0, 0.05) is 12.0 Å². The summed E-state index contributed by atoms with van der Waals surface area (Å²) in [5.41, 5.74) is 1.26. The number of carbonyl (C=O) groups is 1. The van der Waals surface area contributed by atoms with Crippen molar-refractivity contribution in [1.29, 1.82) is 0 Å². The number of carbonyl (C=O) groups excluding carboxylic acids is 1. The second kappa shape index (κ2) is 8.15. The van der Waals surface area contributed by atoms with Crippen LogP contribution in [0.1, 0.15) is 22.3 Å². The zero-order chi connectivity index (χ0) is 18.5. The summed E-state index contributed by atoms with van der Waals surface area (Å²) >= 11 is 6.19. The number of halogens is 1. The van der Waals surface area contributed by atoms with Gasteiger partial charge in [-0.3, -0.25) is 4.79 Å². The lowest BCUT2D eigenvalue weighted by atomic mass is 10.1. The molecule has 0 amide bonds. The number of ketones is 1. The largest absolute Gasteiger partial charge is 0.493 e. The monoisotopic (exact) mass is 374 g/mol. The molecule has 0 aromatic heterocycles. The van der Waals surface area contributed by atoms with Crippen molar-refractivity contribution in [2.24, 2.45) is 0 Å². The van der Waals surface area contributed by atoms with Crippen molar-refractivity contribution in [3.8, 4) is 23.0 Å². The van der Waals surface area contributed by atoms with Gasteiger partial charge in [0.15, 0.2) is 28.8 Å². The molecule has 0 fully saturated rings. The van der Waals surface area contributed by atoms with Crippen LogP contribution in [0.3, 0.4) is 0 Å². The summed E-state index contributed by atoms with van der Waals surface area (Å²) < 4.78 is 21.7. The van der Waals surface area contributed by atoms with E-state index in [1.807, 2.05) is 0 Å². The fourth-order valence-corrected chi connectivity index (χ4v) is 2.92. The number of fused-ring (bicyclic) bond motifs is 1. The van der Waals surface area contributed by atoms with E-state index >= 15 is 0 Å². The summed E-state index contributed by atoms with van der Waals surface area (Å²) in [6.45, 7) is 1.19. The first-order valence-corrected chi connectivity index (χ1v) is 8.53. The average Bonchev–Trinajstić information content (AvgIpc) is 2.90. The average molecular weight is 375 g/mol. The van der Waals surface area contributed by atoms with Gasteiger partial charge in [-0.1, -0.05) is 17.7 Å². The molecule has 0 saturated carbocycles. The van der Waals surface area contributed by atoms with Crippen molar-refractivity contribution >= 4 is 23.5 Å². The molecule has 1 aliphatic rings. The number of allylic oxidation sites excluding steroid dienone is 1. The Bertz CT molecular complexity index is 844. The predicted molar refractivity (Wildman–Crippen MR) is 100.0 cm³/mol. The van der Waals surface area contributed by atoms with Crippen LogP contribution in [0.2, 0.25) is 5.02 Å². The standard InChI is InChI=1S/C20H19ClO5/c1-23-19-11-13(10-15(21)20(19)24-2)4-6-16(22)14-5-7-17-18(12-14)26-9-3-8-25-17/h4-7,10-12H,3,8-9H2,1-2H3. The Labute approximate surface area is 157 Å². The lowest BCUT2D eigenvalue weighted by Gasteiger charge is -2.10. The quantitative estimate of drug-likeness (QED) is 0.573. The lowest BCUT2D eigenvalue weighted by molar-refractivity contribution is 0.104. The highest BCUT2D eigenvalue weighted by Gasteiger charge is 2.13. The zero-order valence-electron chi connectivity index (χ0n) is 14.6. The number of methoxy groups -OCH3 is 2. The van der Waals surface area contributed by atoms with Gasteiger partial charge < -0.3 is 18.9 Å². The fourth-order valence-electron chi connectivity index (χ4n) is 2.62. The second-order valence-electron chi connectivity index (χ2n) is 5.65. The SMILES string of the molecule is COc1cc(C=CC(=O)c2ccc3c(c2)OCCCO3)cc(Cl)c1OC. The van der Waals surface area contributed by atoms with Gasteiger partial charge in [0.1, 0.15) is 0 Å². The molecule has 0 saturated heterocycles. The minimum atomic E-state index is -0.147. The van der Waals surface area contributed by atoms with E-state index in [4.69, 9.17) is 30.5 Å². The molecule has 3 rings (SSSR count). The normalized spacial score (nSPS) is 13.3. The van der Waals surface area contributed by atoms with Crippen LogP contribution < -0.4 is 18.9 Å². The number of hydrogen-bond donors (Lipinski definition) is 0. The van der Waals surface area contributed by atoms with E-state index < -0.39 is 0 Å². The van der Waals surface area contributed by atoms with Crippen LogP contribution in [-0.2, 0) is 0 Å². The van der Waals surface area contributed by atoms with E-state index in [9.17, 15) is 4.79 Å². The zero-order valence-corrected chi connectivity index (χ0v) is 15.3. The molecule has 5 nitrogen and oxygen atoms in total. The molecule has 2 aromatic rings. The van der Waals surface area contributed by atoms with Gasteiger partial charge in [-0.25, -0.2) is 0 Å². The fraction of sp³-hybridized carbons (Fsp3) is 0.250. The first-order valence-electron chi connectivity index (χ1n) is 8.16. The maximum atomic E-state index is 12.5. The second-order valence-corrected chi connectivity index (χ2v) is 6.06. The Morgan fingerprint density at radius 2 is 1.85 bits per heavy atom. The van der Waals surface area contributed by atoms with Gasteiger partial charge >= 0.3 is 0 Å². The molecular formula is C20H19ClO5. The van der Waals surface area contributed by atoms with Crippen molar-refractivity contribution in [3.63, 3.8) is 0 Å². The minimum absolute atomic E-state index is 0.147. The maximum absolute atomic E-state index is 12.5. The molecule has 1 aliphatic heterocycles. The third-order valence-corrected chi connectivity index (χ3v) is 4.20. The van der Waals surface area contributed by atoms with Crippen molar-refractivity contribution in [2.75, 3.05) is 27.4 Å². The summed E-state index contributed by atoms with van der Waals surface area (Å²) in [4.78, 5) is 12.5. The number of ether oxygens (including phenoxy) is 4. The first kappa shape index (κ1) is 18.1. The minimum Gasteiger partial charge on any atom is -0.493 e. The van der Waals surface area contributed by atoms with E-state index in [-0.39, 0.29) is 5.78 Å². The van der Waals surface area contributed by atoms with Gasteiger partial charge in [-0.2, -0.15) is 0 Å². The Morgan fingerprint density at radius 3 is 2.58 bits per heavy atom. The van der Waals surface area contributed by atoms with Gasteiger partial charge in [0.05, 0.1) is 32.5 Å². The summed E-state index contributed by atoms with van der Waals surface area (Å²) in [6, 6.07) is 8.65. The van der Waals surface area contributed by atoms with E-state index in [0.29, 0.717) is 46.8 Å². The van der Waals surface area contributed by atoms with E-state index in [0.717, 1.165) is 12.0 Å². The molecule has 6 heteroatoms. The van der Waals surface area contributed by atoms with Crippen LogP contribution in [0.4, 0.5) is 0 Å². The highest BCUT2D eigenvalue weighted by atomic mass is 35.5. The molecule has 0 bridgehead atoms. The highest BCUT2D eigenvalue weighted by molar-refractivity contribution is 6.32. The number of benzene rings is 2. The molecule has 136 valence electrons. The molecule has 26 heavy (non-hydrogen) atoms. The Kier molecular flexibility index (Phi) is 5.68. The molecule has 0 aliphatic carbocycles. The third-order valence-electron chi connectivity index (χ3n) is 3.92. The smallest absolute Gasteiger partial charge is 0.185 e. The van der Waals surface area contributed by atoms with Crippen molar-refractivity contribution < 1.29 is 23.7 Å². The summed E-state index contributed by atoms with van der Waals surface area (Å²) in [5, 5.41) is 0.412. The molecule has 0 spiro atoms.